The molecule has 26 heavy (non-hydrogen) atoms. The molecule has 1 fully saturated rings. The third kappa shape index (κ3) is 6.36. The fourth-order valence-corrected chi connectivity index (χ4v) is 3.81. The fourth-order valence-electron chi connectivity index (χ4n) is 3.81. The molecule has 1 aliphatic heterocycles. The topological polar surface area (TPSA) is 32.8 Å². The number of rotatable bonds is 9. The number of hydrogen-bond acceptors (Lipinski definition) is 3. The normalized spacial score (nSPS) is 21.2. The second-order valence-electron chi connectivity index (χ2n) is 7.41. The Hall–Kier alpha value is -1.46. The van der Waals surface area contributed by atoms with E-state index in [1.807, 2.05) is 17.0 Å². The SMILES string of the molecule is COCCCN1C(C)CN(C(=O)CCCCc2ccc(F)cc2)CC1C. The van der Waals surface area contributed by atoms with E-state index in [0.717, 1.165) is 57.5 Å². The number of halogens is 1. The van der Waals surface area contributed by atoms with Crippen molar-refractivity contribution in [2.45, 2.75) is 58.0 Å². The number of piperazine rings is 1. The zero-order valence-corrected chi connectivity index (χ0v) is 16.4. The van der Waals surface area contributed by atoms with Crippen molar-refractivity contribution in [3.8, 4) is 0 Å². The maximum atomic E-state index is 12.9. The molecule has 0 aromatic heterocycles. The van der Waals surface area contributed by atoms with Crippen LogP contribution in [0.1, 0.15) is 45.1 Å². The summed E-state index contributed by atoms with van der Waals surface area (Å²) in [5, 5.41) is 0. The largest absolute Gasteiger partial charge is 0.385 e. The molecule has 1 heterocycles. The van der Waals surface area contributed by atoms with Crippen LogP contribution >= 0.6 is 0 Å². The number of nitrogens with zero attached hydrogens (tertiary/aromatic N) is 2. The molecule has 4 nitrogen and oxygen atoms in total. The van der Waals surface area contributed by atoms with Crippen LogP contribution in [0, 0.1) is 5.82 Å². The highest BCUT2D eigenvalue weighted by Gasteiger charge is 2.30. The lowest BCUT2D eigenvalue weighted by atomic mass is 10.0. The van der Waals surface area contributed by atoms with Crippen LogP contribution in [0.2, 0.25) is 0 Å². The van der Waals surface area contributed by atoms with Crippen LogP contribution in [0.5, 0.6) is 0 Å². The Kier molecular flexibility index (Phi) is 8.52. The van der Waals surface area contributed by atoms with E-state index in [4.69, 9.17) is 4.74 Å². The van der Waals surface area contributed by atoms with E-state index in [0.29, 0.717) is 18.5 Å². The lowest BCUT2D eigenvalue weighted by molar-refractivity contribution is -0.135. The summed E-state index contributed by atoms with van der Waals surface area (Å²) in [7, 11) is 1.74. The number of aryl methyl sites for hydroxylation is 1. The minimum absolute atomic E-state index is 0.200. The Morgan fingerprint density at radius 3 is 2.38 bits per heavy atom. The van der Waals surface area contributed by atoms with Crippen LogP contribution in [0.4, 0.5) is 4.39 Å². The van der Waals surface area contributed by atoms with E-state index in [2.05, 4.69) is 18.7 Å². The van der Waals surface area contributed by atoms with Gasteiger partial charge >= 0.3 is 0 Å². The third-order valence-electron chi connectivity index (χ3n) is 5.24. The van der Waals surface area contributed by atoms with Crippen molar-refractivity contribution in [3.05, 3.63) is 35.6 Å². The van der Waals surface area contributed by atoms with E-state index in [1.165, 1.54) is 12.1 Å². The number of unbranched alkanes of at least 4 members (excludes halogenated alkanes) is 1. The van der Waals surface area contributed by atoms with Crippen molar-refractivity contribution in [1.82, 2.24) is 9.80 Å². The van der Waals surface area contributed by atoms with Gasteiger partial charge in [0, 0.05) is 51.9 Å². The standard InChI is InChI=1S/C21H33FN2O2/c1-17-15-23(16-18(2)24(17)13-6-14-26-3)21(25)8-5-4-7-19-9-11-20(22)12-10-19/h9-12,17-18H,4-8,13-16H2,1-3H3. The maximum Gasteiger partial charge on any atom is 0.222 e. The number of carbonyl (C=O) groups excluding carboxylic acids is 1. The van der Waals surface area contributed by atoms with Gasteiger partial charge in [-0.15, -0.1) is 0 Å². The summed E-state index contributed by atoms with van der Waals surface area (Å²) in [4.78, 5) is 17.1. The van der Waals surface area contributed by atoms with Crippen LogP contribution in [0.15, 0.2) is 24.3 Å². The molecule has 1 aromatic rings. The van der Waals surface area contributed by atoms with E-state index in [-0.39, 0.29) is 11.7 Å². The fraction of sp³-hybridized carbons (Fsp3) is 0.667. The summed E-state index contributed by atoms with van der Waals surface area (Å²) >= 11 is 0. The van der Waals surface area contributed by atoms with Crippen molar-refractivity contribution < 1.29 is 13.9 Å². The lowest BCUT2D eigenvalue weighted by Gasteiger charge is -2.44. The lowest BCUT2D eigenvalue weighted by Crippen LogP contribution is -2.58. The van der Waals surface area contributed by atoms with Gasteiger partial charge in [0.05, 0.1) is 0 Å². The molecule has 1 saturated heterocycles. The molecule has 1 amide bonds. The summed E-state index contributed by atoms with van der Waals surface area (Å²) in [5.74, 6) is 0.0628. The van der Waals surface area contributed by atoms with Crippen molar-refractivity contribution >= 4 is 5.91 Å². The Morgan fingerprint density at radius 1 is 1.12 bits per heavy atom. The van der Waals surface area contributed by atoms with E-state index < -0.39 is 0 Å². The Bertz CT molecular complexity index is 537. The van der Waals surface area contributed by atoms with E-state index >= 15 is 0 Å². The van der Waals surface area contributed by atoms with Gasteiger partial charge in [-0.25, -0.2) is 4.39 Å². The van der Waals surface area contributed by atoms with Gasteiger partial charge in [0.25, 0.3) is 0 Å². The van der Waals surface area contributed by atoms with Gasteiger partial charge in [-0.1, -0.05) is 12.1 Å². The van der Waals surface area contributed by atoms with Gasteiger partial charge in [-0.05, 0) is 57.2 Å². The average Bonchev–Trinajstić information content (AvgIpc) is 2.62. The number of amides is 1. The molecule has 2 rings (SSSR count). The first-order valence-electron chi connectivity index (χ1n) is 9.78. The molecule has 1 aliphatic rings. The number of methoxy groups -OCH3 is 1. The summed E-state index contributed by atoms with van der Waals surface area (Å²) in [6.07, 6.45) is 4.37. The molecule has 0 aliphatic carbocycles. The maximum absolute atomic E-state index is 12.9. The molecule has 1 aromatic carbocycles. The van der Waals surface area contributed by atoms with Crippen LogP contribution in [0.25, 0.3) is 0 Å². The third-order valence-corrected chi connectivity index (χ3v) is 5.24. The van der Waals surface area contributed by atoms with E-state index in [9.17, 15) is 9.18 Å². The highest BCUT2D eigenvalue weighted by Crippen LogP contribution is 2.18. The smallest absolute Gasteiger partial charge is 0.222 e. The molecule has 0 bridgehead atoms. The molecular weight excluding hydrogens is 331 g/mol. The van der Waals surface area contributed by atoms with Crippen LogP contribution in [-0.4, -0.2) is 61.1 Å². The van der Waals surface area contributed by atoms with Gasteiger partial charge < -0.3 is 9.64 Å². The summed E-state index contributed by atoms with van der Waals surface area (Å²) in [5.41, 5.74) is 1.13. The minimum atomic E-state index is -0.200. The molecule has 5 heteroatoms. The Labute approximate surface area is 157 Å². The van der Waals surface area contributed by atoms with Crippen molar-refractivity contribution in [1.29, 1.82) is 0 Å². The second kappa shape index (κ2) is 10.6. The molecule has 2 atom stereocenters. The number of ether oxygens (including phenoxy) is 1. The second-order valence-corrected chi connectivity index (χ2v) is 7.41. The van der Waals surface area contributed by atoms with Gasteiger partial charge in [-0.3, -0.25) is 9.69 Å². The van der Waals surface area contributed by atoms with Gasteiger partial charge in [0.2, 0.25) is 5.91 Å². The molecule has 0 spiro atoms. The predicted octanol–water partition coefficient (Wildman–Crippen LogP) is 3.50. The Balaban J connectivity index is 1.70. The average molecular weight is 365 g/mol. The van der Waals surface area contributed by atoms with Crippen LogP contribution in [-0.2, 0) is 16.0 Å². The molecule has 2 unspecified atom stereocenters. The monoisotopic (exact) mass is 364 g/mol. The molecule has 0 N–H and O–H groups in total. The summed E-state index contributed by atoms with van der Waals surface area (Å²) in [6.45, 7) is 7.85. The number of hydrogen-bond donors (Lipinski definition) is 0. The van der Waals surface area contributed by atoms with Crippen LogP contribution < -0.4 is 0 Å². The highest BCUT2D eigenvalue weighted by atomic mass is 19.1. The van der Waals surface area contributed by atoms with E-state index in [1.54, 1.807) is 7.11 Å². The summed E-state index contributed by atoms with van der Waals surface area (Å²) in [6, 6.07) is 7.41. The zero-order chi connectivity index (χ0) is 18.9. The first-order valence-corrected chi connectivity index (χ1v) is 9.78. The van der Waals surface area contributed by atoms with Crippen LogP contribution in [0.3, 0.4) is 0 Å². The molecule has 146 valence electrons. The van der Waals surface area contributed by atoms with Crippen molar-refractivity contribution in [3.63, 3.8) is 0 Å². The highest BCUT2D eigenvalue weighted by molar-refractivity contribution is 5.76. The van der Waals surface area contributed by atoms with Gasteiger partial charge in [0.1, 0.15) is 5.82 Å². The van der Waals surface area contributed by atoms with Crippen molar-refractivity contribution in [2.75, 3.05) is 33.4 Å². The predicted molar refractivity (Wildman–Crippen MR) is 103 cm³/mol. The number of benzene rings is 1. The molecular formula is C21H33FN2O2. The zero-order valence-electron chi connectivity index (χ0n) is 16.4. The first kappa shape index (κ1) is 20.8. The first-order chi connectivity index (χ1) is 12.5. The Morgan fingerprint density at radius 2 is 1.77 bits per heavy atom. The van der Waals surface area contributed by atoms with Crippen molar-refractivity contribution in [2.24, 2.45) is 0 Å². The molecule has 0 radical (unpaired) electrons. The quantitative estimate of drug-likeness (QED) is 0.629. The number of carbonyl (C=O) groups is 1. The van der Waals surface area contributed by atoms with Gasteiger partial charge in [0.15, 0.2) is 0 Å². The van der Waals surface area contributed by atoms with Gasteiger partial charge in [-0.2, -0.15) is 0 Å². The minimum Gasteiger partial charge on any atom is -0.385 e. The molecule has 0 saturated carbocycles. The summed E-state index contributed by atoms with van der Waals surface area (Å²) < 4.78 is 18.1.